The molecule has 122 valence electrons. The van der Waals surface area contributed by atoms with Crippen LogP contribution in [0.4, 0.5) is 0 Å². The first-order chi connectivity index (χ1) is 10.3. The number of methoxy groups -OCH3 is 1. The zero-order valence-corrected chi connectivity index (χ0v) is 13.5. The van der Waals surface area contributed by atoms with E-state index in [9.17, 15) is 9.59 Å². The lowest BCUT2D eigenvalue weighted by Crippen LogP contribution is -2.48. The zero-order valence-electron chi connectivity index (χ0n) is 13.5. The van der Waals surface area contributed by atoms with Crippen molar-refractivity contribution in [2.75, 3.05) is 13.7 Å². The monoisotopic (exact) mass is 309 g/mol. The Morgan fingerprint density at radius 2 is 2.00 bits per heavy atom. The minimum absolute atomic E-state index is 0.149. The van der Waals surface area contributed by atoms with Gasteiger partial charge in [-0.3, -0.25) is 13.9 Å². The molecule has 0 bridgehead atoms. The van der Waals surface area contributed by atoms with Crippen LogP contribution in [0.2, 0.25) is 0 Å². The van der Waals surface area contributed by atoms with Gasteiger partial charge in [0.2, 0.25) is 0 Å². The zero-order chi connectivity index (χ0) is 16.5. The van der Waals surface area contributed by atoms with Gasteiger partial charge < -0.3 is 15.0 Å². The first-order valence-corrected chi connectivity index (χ1v) is 7.19. The standard InChI is InChI=1S/C14H23N5O3/c1-14(2,15)8-19-12(20)10-11(16-9-17(10)3)18(13(19)21)6-5-7-22-4/h9H,5-8,15H2,1-4H3. The molecule has 0 saturated heterocycles. The van der Waals surface area contributed by atoms with Crippen LogP contribution >= 0.6 is 0 Å². The molecule has 0 aliphatic rings. The lowest BCUT2D eigenvalue weighted by molar-refractivity contribution is 0.190. The molecule has 0 fully saturated rings. The fraction of sp³-hybridized carbons (Fsp3) is 0.643. The molecule has 0 unspecified atom stereocenters. The topological polar surface area (TPSA) is 97.1 Å². The van der Waals surface area contributed by atoms with E-state index >= 15 is 0 Å². The van der Waals surface area contributed by atoms with Crippen LogP contribution in [0.1, 0.15) is 20.3 Å². The van der Waals surface area contributed by atoms with Gasteiger partial charge in [-0.2, -0.15) is 0 Å². The smallest absolute Gasteiger partial charge is 0.332 e. The lowest BCUT2D eigenvalue weighted by atomic mass is 10.1. The maximum absolute atomic E-state index is 12.7. The summed E-state index contributed by atoms with van der Waals surface area (Å²) in [5, 5.41) is 0. The van der Waals surface area contributed by atoms with Crippen LogP contribution in [0, 0.1) is 0 Å². The minimum atomic E-state index is -0.667. The number of fused-ring (bicyclic) bond motifs is 1. The first-order valence-electron chi connectivity index (χ1n) is 7.19. The van der Waals surface area contributed by atoms with E-state index in [1.165, 1.54) is 15.5 Å². The highest BCUT2D eigenvalue weighted by Crippen LogP contribution is 2.07. The molecule has 2 N–H and O–H groups in total. The fourth-order valence-electron chi connectivity index (χ4n) is 2.43. The fourth-order valence-corrected chi connectivity index (χ4v) is 2.43. The summed E-state index contributed by atoms with van der Waals surface area (Å²) in [5.74, 6) is 0. The second-order valence-corrected chi connectivity index (χ2v) is 6.19. The van der Waals surface area contributed by atoms with E-state index in [4.69, 9.17) is 10.5 Å². The lowest BCUT2D eigenvalue weighted by Gasteiger charge is -2.20. The molecule has 0 radical (unpaired) electrons. The van der Waals surface area contributed by atoms with Crippen molar-refractivity contribution in [1.29, 1.82) is 0 Å². The van der Waals surface area contributed by atoms with Crippen LogP contribution < -0.4 is 17.0 Å². The number of imidazole rings is 1. The van der Waals surface area contributed by atoms with E-state index in [0.29, 0.717) is 30.7 Å². The van der Waals surface area contributed by atoms with E-state index in [1.54, 1.807) is 32.6 Å². The van der Waals surface area contributed by atoms with Crippen molar-refractivity contribution in [3.8, 4) is 0 Å². The maximum atomic E-state index is 12.7. The summed E-state index contributed by atoms with van der Waals surface area (Å²) >= 11 is 0. The largest absolute Gasteiger partial charge is 0.385 e. The van der Waals surface area contributed by atoms with Gasteiger partial charge in [0.05, 0.1) is 6.33 Å². The van der Waals surface area contributed by atoms with Gasteiger partial charge in [-0.15, -0.1) is 0 Å². The molecule has 2 heterocycles. The van der Waals surface area contributed by atoms with Crippen molar-refractivity contribution < 1.29 is 4.74 Å². The number of nitrogens with two attached hydrogens (primary N) is 1. The van der Waals surface area contributed by atoms with E-state index < -0.39 is 5.54 Å². The number of aryl methyl sites for hydroxylation is 2. The van der Waals surface area contributed by atoms with Crippen LogP contribution in [0.3, 0.4) is 0 Å². The molecule has 0 aromatic carbocycles. The summed E-state index contributed by atoms with van der Waals surface area (Å²) < 4.78 is 9.36. The number of hydrogen-bond acceptors (Lipinski definition) is 5. The highest BCUT2D eigenvalue weighted by Gasteiger charge is 2.20. The van der Waals surface area contributed by atoms with E-state index in [1.807, 2.05) is 0 Å². The van der Waals surface area contributed by atoms with Crippen molar-refractivity contribution >= 4 is 11.2 Å². The molecule has 8 heteroatoms. The third-order valence-corrected chi connectivity index (χ3v) is 3.38. The van der Waals surface area contributed by atoms with Gasteiger partial charge in [-0.1, -0.05) is 0 Å². The van der Waals surface area contributed by atoms with E-state index in [0.717, 1.165) is 0 Å². The van der Waals surface area contributed by atoms with Gasteiger partial charge in [0.15, 0.2) is 11.2 Å². The summed E-state index contributed by atoms with van der Waals surface area (Å²) in [6.45, 7) is 4.67. The Morgan fingerprint density at radius 3 is 2.59 bits per heavy atom. The molecule has 22 heavy (non-hydrogen) atoms. The molecule has 2 rings (SSSR count). The predicted molar refractivity (Wildman–Crippen MR) is 84.0 cm³/mol. The van der Waals surface area contributed by atoms with Crippen LogP contribution in [0.5, 0.6) is 0 Å². The Kier molecular flexibility index (Phi) is 4.52. The Hall–Kier alpha value is -1.93. The van der Waals surface area contributed by atoms with Crippen molar-refractivity contribution in [1.82, 2.24) is 18.7 Å². The van der Waals surface area contributed by atoms with Crippen LogP contribution in [-0.4, -0.2) is 37.9 Å². The molecule has 0 saturated carbocycles. The average molecular weight is 309 g/mol. The predicted octanol–water partition coefficient (Wildman–Crippen LogP) is -0.329. The molecule has 0 aliphatic heterocycles. The first kappa shape index (κ1) is 16.4. The van der Waals surface area contributed by atoms with Crippen LogP contribution in [0.25, 0.3) is 11.2 Å². The molecule has 0 spiro atoms. The third-order valence-electron chi connectivity index (χ3n) is 3.38. The Balaban J connectivity index is 2.67. The Bertz CT molecular complexity index is 779. The van der Waals surface area contributed by atoms with Gasteiger partial charge >= 0.3 is 5.69 Å². The SMILES string of the molecule is COCCCn1c(=O)n(CC(C)(C)N)c(=O)c2c1ncn2C. The molecular weight excluding hydrogens is 286 g/mol. The molecule has 0 amide bonds. The molecule has 2 aromatic rings. The van der Waals surface area contributed by atoms with Gasteiger partial charge in [0.25, 0.3) is 5.56 Å². The van der Waals surface area contributed by atoms with Crippen molar-refractivity contribution in [3.63, 3.8) is 0 Å². The quantitative estimate of drug-likeness (QED) is 0.737. The summed E-state index contributed by atoms with van der Waals surface area (Å²) in [6.07, 6.45) is 2.20. The summed E-state index contributed by atoms with van der Waals surface area (Å²) in [5.41, 5.74) is 5.38. The normalized spacial score (nSPS) is 12.2. The minimum Gasteiger partial charge on any atom is -0.385 e. The van der Waals surface area contributed by atoms with Crippen molar-refractivity contribution in [2.45, 2.75) is 38.9 Å². The van der Waals surface area contributed by atoms with Gasteiger partial charge in [-0.25, -0.2) is 9.78 Å². The molecule has 0 aliphatic carbocycles. The number of nitrogens with zero attached hydrogens (tertiary/aromatic N) is 4. The molecule has 8 nitrogen and oxygen atoms in total. The number of rotatable bonds is 6. The maximum Gasteiger partial charge on any atom is 0.332 e. The third kappa shape index (κ3) is 3.12. The Labute approximate surface area is 128 Å². The highest BCUT2D eigenvalue weighted by molar-refractivity contribution is 5.69. The summed E-state index contributed by atoms with van der Waals surface area (Å²) in [6, 6.07) is 0. The number of aromatic nitrogens is 4. The number of ether oxygens (including phenoxy) is 1. The molecular formula is C14H23N5O3. The molecule has 0 atom stereocenters. The van der Waals surface area contributed by atoms with Gasteiger partial charge in [0.1, 0.15) is 0 Å². The van der Waals surface area contributed by atoms with E-state index in [-0.39, 0.29) is 17.8 Å². The number of hydrogen-bond donors (Lipinski definition) is 1. The summed E-state index contributed by atoms with van der Waals surface area (Å²) in [7, 11) is 3.34. The highest BCUT2D eigenvalue weighted by atomic mass is 16.5. The van der Waals surface area contributed by atoms with Crippen molar-refractivity contribution in [2.24, 2.45) is 12.8 Å². The molecule has 2 aromatic heterocycles. The second-order valence-electron chi connectivity index (χ2n) is 6.19. The summed E-state index contributed by atoms with van der Waals surface area (Å²) in [4.78, 5) is 29.5. The Morgan fingerprint density at radius 1 is 1.32 bits per heavy atom. The second kappa shape index (κ2) is 6.05. The van der Waals surface area contributed by atoms with Gasteiger partial charge in [0, 0.05) is 39.4 Å². The van der Waals surface area contributed by atoms with Crippen LogP contribution in [0.15, 0.2) is 15.9 Å². The van der Waals surface area contributed by atoms with Crippen molar-refractivity contribution in [3.05, 3.63) is 27.2 Å². The van der Waals surface area contributed by atoms with Crippen LogP contribution in [-0.2, 0) is 24.9 Å². The average Bonchev–Trinajstić information content (AvgIpc) is 2.79. The van der Waals surface area contributed by atoms with Gasteiger partial charge in [-0.05, 0) is 20.3 Å². The van der Waals surface area contributed by atoms with E-state index in [2.05, 4.69) is 4.98 Å².